The normalized spacial score (nSPS) is 21.8. The van der Waals surface area contributed by atoms with Gasteiger partial charge >= 0.3 is 5.97 Å². The zero-order valence-corrected chi connectivity index (χ0v) is 10.4. The third kappa shape index (κ3) is 5.21. The van der Waals surface area contributed by atoms with Gasteiger partial charge in [-0.2, -0.15) is 0 Å². The van der Waals surface area contributed by atoms with Crippen molar-refractivity contribution in [3.8, 4) is 0 Å². The second-order valence-corrected chi connectivity index (χ2v) is 6.09. The predicted molar refractivity (Wildman–Crippen MR) is 60.9 cm³/mol. The molecule has 0 bridgehead atoms. The Morgan fingerprint density at radius 2 is 2.20 bits per heavy atom. The van der Waals surface area contributed by atoms with Gasteiger partial charge in [0.05, 0.1) is 5.75 Å². The zero-order valence-electron chi connectivity index (χ0n) is 9.54. The van der Waals surface area contributed by atoms with Crippen molar-refractivity contribution in [1.82, 2.24) is 0 Å². The van der Waals surface area contributed by atoms with Gasteiger partial charge in [-0.1, -0.05) is 0 Å². The van der Waals surface area contributed by atoms with E-state index in [-0.39, 0.29) is 5.97 Å². The first-order chi connectivity index (χ1) is 6.87. The molecular formula is C11H18O3S. The van der Waals surface area contributed by atoms with Crippen molar-refractivity contribution < 1.29 is 14.3 Å². The van der Waals surface area contributed by atoms with Gasteiger partial charge in [-0.3, -0.25) is 9.59 Å². The van der Waals surface area contributed by atoms with Crippen molar-refractivity contribution in [1.29, 1.82) is 0 Å². The first kappa shape index (κ1) is 12.6. The van der Waals surface area contributed by atoms with Crippen LogP contribution in [0.2, 0.25) is 0 Å². The molecule has 0 aliphatic heterocycles. The molecule has 0 radical (unpaired) electrons. The summed E-state index contributed by atoms with van der Waals surface area (Å²) in [6, 6.07) is 0. The average molecular weight is 230 g/mol. The van der Waals surface area contributed by atoms with Crippen molar-refractivity contribution in [2.45, 2.75) is 50.9 Å². The summed E-state index contributed by atoms with van der Waals surface area (Å²) in [5.74, 6) is 0.485. The molecule has 4 heteroatoms. The number of rotatable bonds is 3. The van der Waals surface area contributed by atoms with E-state index in [1.807, 2.05) is 20.8 Å². The van der Waals surface area contributed by atoms with Crippen LogP contribution in [0.3, 0.4) is 0 Å². The van der Waals surface area contributed by atoms with Crippen LogP contribution in [0, 0.1) is 0 Å². The van der Waals surface area contributed by atoms with Crippen LogP contribution >= 0.6 is 11.8 Å². The highest BCUT2D eigenvalue weighted by molar-refractivity contribution is 8.00. The van der Waals surface area contributed by atoms with E-state index < -0.39 is 5.60 Å². The Morgan fingerprint density at radius 3 is 2.67 bits per heavy atom. The van der Waals surface area contributed by atoms with Crippen molar-refractivity contribution in [3.63, 3.8) is 0 Å². The SMILES string of the molecule is CC(C)(C)OC(=O)CSC1CCC(=O)C1. The van der Waals surface area contributed by atoms with Gasteiger partial charge < -0.3 is 4.74 Å². The van der Waals surface area contributed by atoms with E-state index in [1.54, 1.807) is 11.8 Å². The molecule has 1 saturated carbocycles. The van der Waals surface area contributed by atoms with Gasteiger partial charge in [0, 0.05) is 18.1 Å². The quantitative estimate of drug-likeness (QED) is 0.697. The molecule has 0 aromatic heterocycles. The largest absolute Gasteiger partial charge is 0.459 e. The van der Waals surface area contributed by atoms with Gasteiger partial charge in [0.1, 0.15) is 11.4 Å². The minimum absolute atomic E-state index is 0.188. The molecule has 1 fully saturated rings. The Hall–Kier alpha value is -0.510. The van der Waals surface area contributed by atoms with Crippen LogP contribution in [-0.4, -0.2) is 28.4 Å². The van der Waals surface area contributed by atoms with Crippen LogP contribution in [0.5, 0.6) is 0 Å². The molecule has 1 unspecified atom stereocenters. The highest BCUT2D eigenvalue weighted by Crippen LogP contribution is 2.27. The average Bonchev–Trinajstić information content (AvgIpc) is 2.45. The Morgan fingerprint density at radius 1 is 1.53 bits per heavy atom. The zero-order chi connectivity index (χ0) is 11.5. The maximum Gasteiger partial charge on any atom is 0.316 e. The summed E-state index contributed by atoms with van der Waals surface area (Å²) in [4.78, 5) is 22.4. The predicted octanol–water partition coefficient (Wildman–Crippen LogP) is 2.18. The molecule has 1 rings (SSSR count). The molecule has 0 amide bonds. The van der Waals surface area contributed by atoms with Crippen LogP contribution in [0.15, 0.2) is 0 Å². The first-order valence-electron chi connectivity index (χ1n) is 5.22. The number of carbonyl (C=O) groups is 2. The van der Waals surface area contributed by atoms with Crippen molar-refractivity contribution in [2.24, 2.45) is 0 Å². The molecule has 0 aromatic carbocycles. The first-order valence-corrected chi connectivity index (χ1v) is 6.27. The lowest BCUT2D eigenvalue weighted by Crippen LogP contribution is -2.25. The molecule has 1 atom stereocenters. The van der Waals surface area contributed by atoms with E-state index >= 15 is 0 Å². The summed E-state index contributed by atoms with van der Waals surface area (Å²) >= 11 is 1.54. The fourth-order valence-electron chi connectivity index (χ4n) is 1.48. The molecule has 3 nitrogen and oxygen atoms in total. The van der Waals surface area contributed by atoms with E-state index in [2.05, 4.69) is 0 Å². The molecule has 1 aliphatic rings. The van der Waals surface area contributed by atoms with Crippen molar-refractivity contribution in [2.75, 3.05) is 5.75 Å². The van der Waals surface area contributed by atoms with Gasteiger partial charge in [0.2, 0.25) is 0 Å². The van der Waals surface area contributed by atoms with Gasteiger partial charge in [-0.25, -0.2) is 0 Å². The Balaban J connectivity index is 2.20. The lowest BCUT2D eigenvalue weighted by molar-refractivity contribution is -0.151. The lowest BCUT2D eigenvalue weighted by atomic mass is 10.2. The molecule has 0 aromatic rings. The molecule has 0 heterocycles. The highest BCUT2D eigenvalue weighted by atomic mass is 32.2. The van der Waals surface area contributed by atoms with E-state index in [0.29, 0.717) is 29.6 Å². The Bertz CT molecular complexity index is 255. The summed E-state index contributed by atoms with van der Waals surface area (Å²) in [6.45, 7) is 5.57. The number of Topliss-reactive ketones (excluding diaryl/α,β-unsaturated/α-hetero) is 1. The number of ketones is 1. The monoisotopic (exact) mass is 230 g/mol. The minimum atomic E-state index is -0.414. The van der Waals surface area contributed by atoms with Crippen LogP contribution in [0.1, 0.15) is 40.0 Å². The van der Waals surface area contributed by atoms with Crippen LogP contribution in [0.25, 0.3) is 0 Å². The van der Waals surface area contributed by atoms with Gasteiger partial charge in [0.25, 0.3) is 0 Å². The van der Waals surface area contributed by atoms with Crippen LogP contribution in [0.4, 0.5) is 0 Å². The summed E-state index contributed by atoms with van der Waals surface area (Å²) in [5.41, 5.74) is -0.414. The maximum atomic E-state index is 11.4. The fourth-order valence-corrected chi connectivity index (χ4v) is 2.50. The molecule has 0 spiro atoms. The maximum absolute atomic E-state index is 11.4. The second-order valence-electron chi connectivity index (χ2n) is 4.80. The van der Waals surface area contributed by atoms with Gasteiger partial charge in [-0.15, -0.1) is 11.8 Å². The molecule has 0 saturated heterocycles. The number of ether oxygens (including phenoxy) is 1. The third-order valence-electron chi connectivity index (χ3n) is 2.06. The van der Waals surface area contributed by atoms with E-state index in [0.717, 1.165) is 6.42 Å². The molecule has 15 heavy (non-hydrogen) atoms. The number of carbonyl (C=O) groups excluding carboxylic acids is 2. The van der Waals surface area contributed by atoms with E-state index in [9.17, 15) is 9.59 Å². The Labute approximate surface area is 94.9 Å². The standard InChI is InChI=1S/C11H18O3S/c1-11(2,3)14-10(13)7-15-9-5-4-8(12)6-9/h9H,4-7H2,1-3H3. The molecule has 0 N–H and O–H groups in total. The topological polar surface area (TPSA) is 43.4 Å². The van der Waals surface area contributed by atoms with E-state index in [4.69, 9.17) is 4.74 Å². The fraction of sp³-hybridized carbons (Fsp3) is 0.818. The number of thioether (sulfide) groups is 1. The summed E-state index contributed by atoms with van der Waals surface area (Å²) in [7, 11) is 0. The van der Waals surface area contributed by atoms with Crippen LogP contribution < -0.4 is 0 Å². The van der Waals surface area contributed by atoms with Gasteiger partial charge in [0.15, 0.2) is 0 Å². The number of hydrogen-bond donors (Lipinski definition) is 0. The summed E-state index contributed by atoms with van der Waals surface area (Å²) in [5, 5.41) is 0.324. The number of hydrogen-bond acceptors (Lipinski definition) is 4. The smallest absolute Gasteiger partial charge is 0.316 e. The second kappa shape index (κ2) is 5.01. The van der Waals surface area contributed by atoms with Crippen LogP contribution in [-0.2, 0) is 14.3 Å². The van der Waals surface area contributed by atoms with Crippen molar-refractivity contribution >= 4 is 23.5 Å². The third-order valence-corrected chi connectivity index (χ3v) is 3.33. The van der Waals surface area contributed by atoms with Gasteiger partial charge in [-0.05, 0) is 27.2 Å². The molecular weight excluding hydrogens is 212 g/mol. The summed E-state index contributed by atoms with van der Waals surface area (Å²) < 4.78 is 5.18. The van der Waals surface area contributed by atoms with Crippen molar-refractivity contribution in [3.05, 3.63) is 0 Å². The lowest BCUT2D eigenvalue weighted by Gasteiger charge is -2.19. The Kier molecular flexibility index (Phi) is 4.20. The highest BCUT2D eigenvalue weighted by Gasteiger charge is 2.24. The molecule has 1 aliphatic carbocycles. The van der Waals surface area contributed by atoms with E-state index in [1.165, 1.54) is 0 Å². The molecule has 86 valence electrons. The number of esters is 1. The minimum Gasteiger partial charge on any atom is -0.459 e. The summed E-state index contributed by atoms with van der Waals surface area (Å²) in [6.07, 6.45) is 2.20.